The van der Waals surface area contributed by atoms with Crippen molar-refractivity contribution in [2.24, 2.45) is 7.05 Å². The number of methoxy groups -OCH3 is 1. The lowest BCUT2D eigenvalue weighted by Gasteiger charge is -2.34. The summed E-state index contributed by atoms with van der Waals surface area (Å²) in [4.78, 5) is 12.0. The molecule has 22 heavy (non-hydrogen) atoms. The van der Waals surface area contributed by atoms with Crippen LogP contribution in [0.2, 0.25) is 0 Å². The van der Waals surface area contributed by atoms with Gasteiger partial charge in [-0.15, -0.1) is 0 Å². The highest BCUT2D eigenvalue weighted by Crippen LogP contribution is 2.30. The summed E-state index contributed by atoms with van der Waals surface area (Å²) in [7, 11) is -0.630. The molecule has 0 N–H and O–H groups in total. The van der Waals surface area contributed by atoms with Crippen LogP contribution in [0.25, 0.3) is 0 Å². The lowest BCUT2D eigenvalue weighted by atomic mass is 10.0. The highest BCUT2D eigenvalue weighted by atomic mass is 32.2. The number of hydrogen-bond donors (Lipinski definition) is 0. The van der Waals surface area contributed by atoms with Crippen LogP contribution in [0.3, 0.4) is 0 Å². The smallest absolute Gasteiger partial charge is 0.354 e. The molecule has 0 bridgehead atoms. The average molecular weight is 328 g/mol. The minimum absolute atomic E-state index is 0.0416. The fourth-order valence-electron chi connectivity index (χ4n) is 3.06. The highest BCUT2D eigenvalue weighted by molar-refractivity contribution is 7.89. The third-order valence-corrected chi connectivity index (χ3v) is 6.58. The summed E-state index contributed by atoms with van der Waals surface area (Å²) in [6, 6.07) is 1.47. The molecule has 0 radical (unpaired) electrons. The van der Waals surface area contributed by atoms with Crippen LogP contribution in [0.15, 0.2) is 11.0 Å². The fourth-order valence-corrected chi connectivity index (χ4v) is 5.10. The second kappa shape index (κ2) is 6.42. The number of carbonyl (C=O) groups excluding carboxylic acids is 1. The van der Waals surface area contributed by atoms with Crippen LogP contribution < -0.4 is 0 Å². The van der Waals surface area contributed by atoms with Crippen LogP contribution in [0.4, 0.5) is 0 Å². The summed E-state index contributed by atoms with van der Waals surface area (Å²) in [5.74, 6) is -0.530. The van der Waals surface area contributed by atoms with Gasteiger partial charge in [-0.1, -0.05) is 13.3 Å². The first kappa shape index (κ1) is 17.0. The lowest BCUT2D eigenvalue weighted by Crippen LogP contribution is -2.43. The van der Waals surface area contributed by atoms with Gasteiger partial charge >= 0.3 is 5.97 Å². The molecule has 0 unspecified atom stereocenters. The maximum atomic E-state index is 13.0. The molecule has 7 heteroatoms. The largest absolute Gasteiger partial charge is 0.464 e. The summed E-state index contributed by atoms with van der Waals surface area (Å²) >= 11 is 0. The molecule has 0 amide bonds. The maximum Gasteiger partial charge on any atom is 0.354 e. The summed E-state index contributed by atoms with van der Waals surface area (Å²) in [6.45, 7) is 4.27. The van der Waals surface area contributed by atoms with Crippen molar-refractivity contribution in [2.75, 3.05) is 13.7 Å². The van der Waals surface area contributed by atoms with E-state index >= 15 is 0 Å². The number of hydrogen-bond acceptors (Lipinski definition) is 4. The molecule has 1 saturated heterocycles. The van der Waals surface area contributed by atoms with Gasteiger partial charge < -0.3 is 9.30 Å². The Kier molecular flexibility index (Phi) is 4.97. The van der Waals surface area contributed by atoms with Crippen LogP contribution >= 0.6 is 0 Å². The molecule has 2 heterocycles. The molecular formula is C15H24N2O4S. The first-order valence-electron chi connectivity index (χ1n) is 7.61. The Bertz CT molecular complexity index is 663. The quantitative estimate of drug-likeness (QED) is 0.794. The third kappa shape index (κ3) is 2.79. The number of piperidine rings is 1. The van der Waals surface area contributed by atoms with Gasteiger partial charge in [0.15, 0.2) is 0 Å². The lowest BCUT2D eigenvalue weighted by molar-refractivity contribution is 0.0589. The molecule has 0 aromatic carbocycles. The zero-order valence-electron chi connectivity index (χ0n) is 13.6. The van der Waals surface area contributed by atoms with Crippen LogP contribution in [0, 0.1) is 6.92 Å². The molecule has 1 atom stereocenters. The zero-order chi connectivity index (χ0) is 16.5. The predicted octanol–water partition coefficient (Wildman–Crippen LogP) is 2.07. The van der Waals surface area contributed by atoms with E-state index in [0.717, 1.165) is 25.7 Å². The fraction of sp³-hybridized carbons (Fsp3) is 0.667. The molecule has 1 aliphatic rings. The molecule has 2 rings (SSSR count). The summed E-state index contributed by atoms with van der Waals surface area (Å²) < 4.78 is 33.9. The Morgan fingerprint density at radius 3 is 2.68 bits per heavy atom. The normalized spacial score (nSPS) is 20.1. The van der Waals surface area contributed by atoms with Crippen molar-refractivity contribution in [3.63, 3.8) is 0 Å². The van der Waals surface area contributed by atoms with Gasteiger partial charge in [-0.25, -0.2) is 13.2 Å². The molecule has 1 aromatic rings. The summed E-state index contributed by atoms with van der Waals surface area (Å²) in [6.07, 6.45) is 3.64. The number of aromatic nitrogens is 1. The standard InChI is InChI=1S/C15H24N2O4S/c1-5-12-8-6-7-9-17(12)22(19,20)14-10-13(15(18)21-4)16(3)11(14)2/h10,12H,5-9H2,1-4H3/t12-/m0/s1. The minimum atomic E-state index is -3.59. The van der Waals surface area contributed by atoms with E-state index in [1.54, 1.807) is 22.8 Å². The molecule has 0 saturated carbocycles. The van der Waals surface area contributed by atoms with Crippen LogP contribution in [0.5, 0.6) is 0 Å². The second-order valence-corrected chi connectivity index (χ2v) is 7.56. The van der Waals surface area contributed by atoms with Gasteiger partial charge in [0.2, 0.25) is 10.0 Å². The van der Waals surface area contributed by atoms with E-state index in [1.807, 2.05) is 6.92 Å². The van der Waals surface area contributed by atoms with Gasteiger partial charge in [0, 0.05) is 25.3 Å². The molecular weight excluding hydrogens is 304 g/mol. The zero-order valence-corrected chi connectivity index (χ0v) is 14.4. The van der Waals surface area contributed by atoms with E-state index in [1.165, 1.54) is 13.2 Å². The van der Waals surface area contributed by atoms with E-state index in [2.05, 4.69) is 0 Å². The second-order valence-electron chi connectivity index (χ2n) is 5.70. The van der Waals surface area contributed by atoms with Crippen molar-refractivity contribution < 1.29 is 17.9 Å². The summed E-state index contributed by atoms with van der Waals surface area (Å²) in [5.41, 5.74) is 0.810. The van der Waals surface area contributed by atoms with Gasteiger partial charge in [-0.3, -0.25) is 0 Å². The molecule has 124 valence electrons. The van der Waals surface area contributed by atoms with Crippen molar-refractivity contribution in [3.05, 3.63) is 17.5 Å². The Morgan fingerprint density at radius 1 is 1.41 bits per heavy atom. The Labute approximate surface area is 132 Å². The van der Waals surface area contributed by atoms with Crippen LogP contribution in [-0.2, 0) is 21.8 Å². The van der Waals surface area contributed by atoms with Crippen molar-refractivity contribution in [2.45, 2.75) is 50.5 Å². The first-order valence-corrected chi connectivity index (χ1v) is 9.05. The average Bonchev–Trinajstić information content (AvgIpc) is 2.83. The van der Waals surface area contributed by atoms with Crippen molar-refractivity contribution in [1.29, 1.82) is 0 Å². The van der Waals surface area contributed by atoms with Gasteiger partial charge in [-0.2, -0.15) is 4.31 Å². The van der Waals surface area contributed by atoms with Crippen LogP contribution in [0.1, 0.15) is 48.8 Å². The molecule has 6 nitrogen and oxygen atoms in total. The van der Waals surface area contributed by atoms with E-state index in [-0.39, 0.29) is 16.6 Å². The molecule has 1 fully saturated rings. The van der Waals surface area contributed by atoms with Gasteiger partial charge in [0.05, 0.1) is 7.11 Å². The monoisotopic (exact) mass is 328 g/mol. The third-order valence-electron chi connectivity index (χ3n) is 4.51. The Balaban J connectivity index is 2.47. The maximum absolute atomic E-state index is 13.0. The van der Waals surface area contributed by atoms with Gasteiger partial charge in [0.1, 0.15) is 10.6 Å². The van der Waals surface area contributed by atoms with Crippen LogP contribution in [-0.4, -0.2) is 43.0 Å². The van der Waals surface area contributed by atoms with E-state index in [9.17, 15) is 13.2 Å². The number of esters is 1. The minimum Gasteiger partial charge on any atom is -0.464 e. The first-order chi connectivity index (χ1) is 10.3. The number of rotatable bonds is 4. The molecule has 0 spiro atoms. The van der Waals surface area contributed by atoms with Gasteiger partial charge in [0.25, 0.3) is 0 Å². The van der Waals surface area contributed by atoms with E-state index in [0.29, 0.717) is 12.2 Å². The Morgan fingerprint density at radius 2 is 2.09 bits per heavy atom. The summed E-state index contributed by atoms with van der Waals surface area (Å²) in [5, 5.41) is 0. The van der Waals surface area contributed by atoms with E-state index < -0.39 is 16.0 Å². The number of sulfonamides is 1. The van der Waals surface area contributed by atoms with Crippen molar-refractivity contribution in [1.82, 2.24) is 8.87 Å². The molecule has 0 aliphatic carbocycles. The molecule has 1 aromatic heterocycles. The highest BCUT2D eigenvalue weighted by Gasteiger charge is 2.35. The number of nitrogens with zero attached hydrogens (tertiary/aromatic N) is 2. The number of carbonyl (C=O) groups is 1. The van der Waals surface area contributed by atoms with Gasteiger partial charge in [-0.05, 0) is 32.3 Å². The van der Waals surface area contributed by atoms with Crippen molar-refractivity contribution in [3.8, 4) is 0 Å². The van der Waals surface area contributed by atoms with E-state index in [4.69, 9.17) is 4.74 Å². The van der Waals surface area contributed by atoms with Crippen molar-refractivity contribution >= 4 is 16.0 Å². The SMILES string of the molecule is CC[C@H]1CCCCN1S(=O)(=O)c1cc(C(=O)OC)n(C)c1C. The predicted molar refractivity (Wildman–Crippen MR) is 83.3 cm³/mol. The molecule has 1 aliphatic heterocycles. The topological polar surface area (TPSA) is 68.6 Å². The Hall–Kier alpha value is -1.34. The number of ether oxygens (including phenoxy) is 1.